The Hall–Kier alpha value is -2.57. The summed E-state index contributed by atoms with van der Waals surface area (Å²) in [4.78, 5) is 24.5. The third-order valence-corrected chi connectivity index (χ3v) is 3.06. The Balaban J connectivity index is 2.44. The minimum absolute atomic E-state index is 0.168. The Morgan fingerprint density at radius 1 is 1.32 bits per heavy atom. The predicted octanol–water partition coefficient (Wildman–Crippen LogP) is 2.64. The van der Waals surface area contributed by atoms with E-state index >= 15 is 0 Å². The summed E-state index contributed by atoms with van der Waals surface area (Å²) in [6.07, 6.45) is -0.519. The molecule has 0 fully saturated rings. The van der Waals surface area contributed by atoms with Gasteiger partial charge in [-0.15, -0.1) is 0 Å². The van der Waals surface area contributed by atoms with Crippen LogP contribution in [0.2, 0.25) is 0 Å². The molecular weight excluding hydrogens is 286 g/mol. The molecule has 0 saturated heterocycles. The molecule has 7 nitrogen and oxygen atoms in total. The van der Waals surface area contributed by atoms with Crippen LogP contribution in [0.4, 0.5) is 10.6 Å². The number of aryl methyl sites for hydroxylation is 1. The van der Waals surface area contributed by atoms with Crippen molar-refractivity contribution in [3.05, 3.63) is 23.8 Å². The monoisotopic (exact) mass is 305 g/mol. The second-order valence-corrected chi connectivity index (χ2v) is 6.02. The first-order valence-corrected chi connectivity index (χ1v) is 6.77. The van der Waals surface area contributed by atoms with Crippen LogP contribution in [-0.4, -0.2) is 39.6 Å². The largest absolute Gasteiger partial charge is 0.478 e. The molecule has 1 heterocycles. The summed E-state index contributed by atoms with van der Waals surface area (Å²) < 4.78 is 6.86. The van der Waals surface area contributed by atoms with Crippen LogP contribution in [0.1, 0.15) is 31.1 Å². The smallest absolute Gasteiger partial charge is 0.415 e. The minimum atomic E-state index is -1.01. The molecule has 0 aliphatic heterocycles. The fourth-order valence-electron chi connectivity index (χ4n) is 2.04. The quantitative estimate of drug-likeness (QED) is 0.922. The lowest BCUT2D eigenvalue weighted by atomic mass is 10.1. The fourth-order valence-corrected chi connectivity index (χ4v) is 2.04. The first-order valence-electron chi connectivity index (χ1n) is 6.77. The number of carboxylic acid groups (broad SMARTS) is 1. The topological polar surface area (TPSA) is 84.7 Å². The zero-order chi connectivity index (χ0) is 16.7. The number of hydrogen-bond acceptors (Lipinski definition) is 4. The van der Waals surface area contributed by atoms with Gasteiger partial charge in [0.25, 0.3) is 0 Å². The van der Waals surface area contributed by atoms with E-state index in [-0.39, 0.29) is 5.56 Å². The van der Waals surface area contributed by atoms with Crippen molar-refractivity contribution in [1.82, 2.24) is 9.78 Å². The number of benzene rings is 1. The molecule has 0 atom stereocenters. The van der Waals surface area contributed by atoms with Crippen molar-refractivity contribution in [1.29, 1.82) is 0 Å². The molecule has 7 heteroatoms. The summed E-state index contributed by atoms with van der Waals surface area (Å²) in [6, 6.07) is 4.65. The Labute approximate surface area is 128 Å². The van der Waals surface area contributed by atoms with E-state index in [1.807, 2.05) is 0 Å². The number of carboxylic acids is 1. The second kappa shape index (κ2) is 5.32. The lowest BCUT2D eigenvalue weighted by molar-refractivity contribution is 0.0587. The number of fused-ring (bicyclic) bond motifs is 1. The number of aromatic nitrogens is 2. The maximum atomic E-state index is 12.1. The number of carbonyl (C=O) groups excluding carboxylic acids is 1. The lowest BCUT2D eigenvalue weighted by Gasteiger charge is -2.23. The summed E-state index contributed by atoms with van der Waals surface area (Å²) in [7, 11) is 3.27. The van der Waals surface area contributed by atoms with E-state index in [0.29, 0.717) is 16.7 Å². The zero-order valence-corrected chi connectivity index (χ0v) is 13.2. The van der Waals surface area contributed by atoms with E-state index in [2.05, 4.69) is 5.10 Å². The Kier molecular flexibility index (Phi) is 3.83. The molecule has 2 rings (SSSR count). The third-order valence-electron chi connectivity index (χ3n) is 3.06. The molecule has 1 N–H and O–H groups in total. The molecule has 2 aromatic rings. The van der Waals surface area contributed by atoms with Gasteiger partial charge in [0.2, 0.25) is 0 Å². The van der Waals surface area contributed by atoms with Gasteiger partial charge in [-0.25, -0.2) is 9.59 Å². The van der Waals surface area contributed by atoms with Crippen LogP contribution in [-0.2, 0) is 11.8 Å². The van der Waals surface area contributed by atoms with Gasteiger partial charge in [-0.05, 0) is 39.0 Å². The summed E-state index contributed by atoms with van der Waals surface area (Å²) in [6.45, 7) is 5.36. The van der Waals surface area contributed by atoms with Crippen molar-refractivity contribution in [2.45, 2.75) is 26.4 Å². The van der Waals surface area contributed by atoms with Crippen LogP contribution in [0, 0.1) is 0 Å². The summed E-state index contributed by atoms with van der Waals surface area (Å²) in [5, 5.41) is 14.0. The Bertz CT molecular complexity index is 743. The van der Waals surface area contributed by atoms with E-state index < -0.39 is 17.7 Å². The van der Waals surface area contributed by atoms with Gasteiger partial charge in [0.1, 0.15) is 5.60 Å². The van der Waals surface area contributed by atoms with Crippen molar-refractivity contribution in [3.8, 4) is 0 Å². The van der Waals surface area contributed by atoms with Crippen molar-refractivity contribution < 1.29 is 19.4 Å². The highest BCUT2D eigenvalue weighted by Crippen LogP contribution is 2.27. The highest BCUT2D eigenvalue weighted by molar-refractivity contribution is 6.01. The molecule has 0 bridgehead atoms. The Morgan fingerprint density at radius 3 is 2.50 bits per heavy atom. The Morgan fingerprint density at radius 2 is 1.95 bits per heavy atom. The van der Waals surface area contributed by atoms with E-state index in [0.717, 1.165) is 0 Å². The SMILES string of the molecule is CN(C(=O)OC(C)(C)C)c1nn(C)c2cc(C(=O)O)ccc12. The first-order chi connectivity index (χ1) is 10.1. The minimum Gasteiger partial charge on any atom is -0.478 e. The average molecular weight is 305 g/mol. The van der Waals surface area contributed by atoms with E-state index in [9.17, 15) is 9.59 Å². The molecule has 0 radical (unpaired) electrons. The van der Waals surface area contributed by atoms with Crippen LogP contribution >= 0.6 is 0 Å². The molecule has 118 valence electrons. The van der Waals surface area contributed by atoms with E-state index in [1.165, 1.54) is 21.7 Å². The standard InChI is InChI=1S/C15H19N3O4/c1-15(2,3)22-14(21)17(4)12-10-7-6-9(13(19)20)8-11(10)18(5)16-12/h6-8H,1-5H3,(H,19,20). The maximum Gasteiger partial charge on any atom is 0.415 e. The molecule has 0 saturated carbocycles. The fraction of sp³-hybridized carbons (Fsp3) is 0.400. The third kappa shape index (κ3) is 3.03. The molecule has 0 spiro atoms. The van der Waals surface area contributed by atoms with Gasteiger partial charge < -0.3 is 9.84 Å². The normalized spacial score (nSPS) is 11.5. The van der Waals surface area contributed by atoms with E-state index in [1.54, 1.807) is 40.9 Å². The number of rotatable bonds is 2. The van der Waals surface area contributed by atoms with Gasteiger partial charge in [0, 0.05) is 19.5 Å². The van der Waals surface area contributed by atoms with Crippen molar-refractivity contribution in [2.75, 3.05) is 11.9 Å². The molecule has 0 aliphatic rings. The number of amides is 1. The highest BCUT2D eigenvalue weighted by atomic mass is 16.6. The van der Waals surface area contributed by atoms with Crippen LogP contribution in [0.5, 0.6) is 0 Å². The van der Waals surface area contributed by atoms with Gasteiger partial charge in [0.05, 0.1) is 11.1 Å². The zero-order valence-electron chi connectivity index (χ0n) is 13.2. The van der Waals surface area contributed by atoms with Crippen molar-refractivity contribution >= 4 is 28.8 Å². The first kappa shape index (κ1) is 15.8. The summed E-state index contributed by atoms with van der Waals surface area (Å²) >= 11 is 0. The van der Waals surface area contributed by atoms with Gasteiger partial charge in [-0.3, -0.25) is 9.58 Å². The number of ether oxygens (including phenoxy) is 1. The molecule has 1 aromatic carbocycles. The summed E-state index contributed by atoms with van der Waals surface area (Å²) in [5.41, 5.74) is 0.194. The van der Waals surface area contributed by atoms with Crippen molar-refractivity contribution in [2.24, 2.45) is 7.05 Å². The number of aromatic carboxylic acids is 1. The van der Waals surface area contributed by atoms with Crippen LogP contribution in [0.15, 0.2) is 18.2 Å². The highest BCUT2D eigenvalue weighted by Gasteiger charge is 2.24. The molecule has 22 heavy (non-hydrogen) atoms. The van der Waals surface area contributed by atoms with Crippen LogP contribution < -0.4 is 4.90 Å². The molecule has 0 aliphatic carbocycles. The second-order valence-electron chi connectivity index (χ2n) is 6.02. The number of anilines is 1. The summed E-state index contributed by atoms with van der Waals surface area (Å²) in [5.74, 6) is -0.589. The van der Waals surface area contributed by atoms with Crippen LogP contribution in [0.3, 0.4) is 0 Å². The molecule has 0 unspecified atom stereocenters. The number of carbonyl (C=O) groups is 2. The molecular formula is C15H19N3O4. The maximum absolute atomic E-state index is 12.1. The van der Waals surface area contributed by atoms with E-state index in [4.69, 9.17) is 9.84 Å². The number of nitrogens with zero attached hydrogens (tertiary/aromatic N) is 3. The van der Waals surface area contributed by atoms with Crippen LogP contribution in [0.25, 0.3) is 10.9 Å². The molecule has 1 aromatic heterocycles. The van der Waals surface area contributed by atoms with Gasteiger partial charge in [-0.1, -0.05) is 0 Å². The van der Waals surface area contributed by atoms with Gasteiger partial charge in [-0.2, -0.15) is 5.10 Å². The molecule has 1 amide bonds. The lowest BCUT2D eigenvalue weighted by Crippen LogP contribution is -2.34. The van der Waals surface area contributed by atoms with Crippen molar-refractivity contribution in [3.63, 3.8) is 0 Å². The van der Waals surface area contributed by atoms with Gasteiger partial charge >= 0.3 is 12.1 Å². The number of hydrogen-bond donors (Lipinski definition) is 1. The average Bonchev–Trinajstić information content (AvgIpc) is 2.73. The predicted molar refractivity (Wildman–Crippen MR) is 82.3 cm³/mol. The van der Waals surface area contributed by atoms with Gasteiger partial charge in [0.15, 0.2) is 5.82 Å².